The molecule has 0 spiro atoms. The van der Waals surface area contributed by atoms with Crippen LogP contribution in [0.15, 0.2) is 78.4 Å². The van der Waals surface area contributed by atoms with Crippen LogP contribution in [0.2, 0.25) is 0 Å². The van der Waals surface area contributed by atoms with Crippen LogP contribution in [0.1, 0.15) is 53.5 Å². The number of fused-ring (bicyclic) bond motifs is 4. The molecule has 2 aliphatic carbocycles. The first-order valence-electron chi connectivity index (χ1n) is 15.7. The lowest BCUT2D eigenvalue weighted by Gasteiger charge is -2.50. The number of anilines is 1. The van der Waals surface area contributed by atoms with Crippen molar-refractivity contribution in [1.29, 1.82) is 0 Å². The summed E-state index contributed by atoms with van der Waals surface area (Å²) in [5.41, 5.74) is 7.24. The van der Waals surface area contributed by atoms with E-state index in [2.05, 4.69) is 11.5 Å². The maximum atomic E-state index is 15.1. The quantitative estimate of drug-likeness (QED) is 0.302. The number of carbonyl (C=O) groups is 4. The summed E-state index contributed by atoms with van der Waals surface area (Å²) in [6.07, 6.45) is 2.72. The summed E-state index contributed by atoms with van der Waals surface area (Å²) in [4.78, 5) is 58.3. The second-order valence-corrected chi connectivity index (χ2v) is 13.0. The number of phenols is 1. The van der Waals surface area contributed by atoms with E-state index in [1.165, 1.54) is 9.91 Å². The molecule has 0 radical (unpaired) electrons. The summed E-state index contributed by atoms with van der Waals surface area (Å²) in [6.45, 7) is 7.74. The van der Waals surface area contributed by atoms with Gasteiger partial charge in [-0.3, -0.25) is 29.5 Å². The number of hydrazine groups is 1. The minimum Gasteiger partial charge on any atom is -0.507 e. The number of rotatable bonds is 5. The van der Waals surface area contributed by atoms with E-state index in [1.54, 1.807) is 6.92 Å². The molecule has 2 N–H and O–H groups in total. The van der Waals surface area contributed by atoms with Crippen molar-refractivity contribution in [2.24, 2.45) is 23.7 Å². The van der Waals surface area contributed by atoms with E-state index < -0.39 is 35.0 Å². The number of nitrogens with one attached hydrogen (secondary N) is 1. The zero-order valence-corrected chi connectivity index (χ0v) is 25.9. The summed E-state index contributed by atoms with van der Waals surface area (Å²) in [6, 6.07) is 20.8. The molecule has 6 atom stereocenters. The van der Waals surface area contributed by atoms with E-state index in [1.807, 2.05) is 87.5 Å². The smallest absolute Gasteiger partial charge is 0.260 e. The van der Waals surface area contributed by atoms with Gasteiger partial charge < -0.3 is 5.11 Å². The number of phenolic OH excluding ortho intramolecular Hbond substituents is 1. The molecule has 8 nitrogen and oxygen atoms in total. The lowest BCUT2D eigenvalue weighted by Crippen LogP contribution is -2.53. The molecular formula is C37H37N3O5. The highest BCUT2D eigenvalue weighted by molar-refractivity contribution is 6.13. The fourth-order valence-electron chi connectivity index (χ4n) is 8.66. The second kappa shape index (κ2) is 10.4. The maximum absolute atomic E-state index is 15.1. The number of benzene rings is 3. The van der Waals surface area contributed by atoms with Gasteiger partial charge in [0.2, 0.25) is 11.8 Å². The molecule has 2 aliphatic heterocycles. The van der Waals surface area contributed by atoms with Gasteiger partial charge in [0.05, 0.1) is 28.9 Å². The summed E-state index contributed by atoms with van der Waals surface area (Å²) in [5.74, 6) is -3.76. The molecule has 3 fully saturated rings. The summed E-state index contributed by atoms with van der Waals surface area (Å²) in [5, 5.41) is 11.9. The van der Waals surface area contributed by atoms with Crippen molar-refractivity contribution >= 4 is 29.3 Å². The van der Waals surface area contributed by atoms with Crippen molar-refractivity contribution in [3.63, 3.8) is 0 Å². The van der Waals surface area contributed by atoms with Crippen LogP contribution in [0.25, 0.3) is 0 Å². The minimum absolute atomic E-state index is 0.160. The third kappa shape index (κ3) is 4.04. The molecule has 7 rings (SSSR count). The average molecular weight is 604 g/mol. The van der Waals surface area contributed by atoms with Crippen LogP contribution in [-0.2, 0) is 24.6 Å². The highest BCUT2D eigenvalue weighted by atomic mass is 16.3. The molecule has 6 unspecified atom stereocenters. The van der Waals surface area contributed by atoms with Crippen LogP contribution in [0.5, 0.6) is 5.75 Å². The van der Waals surface area contributed by atoms with Crippen LogP contribution < -0.4 is 5.43 Å². The largest absolute Gasteiger partial charge is 0.507 e. The fourth-order valence-corrected chi connectivity index (χ4v) is 8.66. The molecule has 4 amide bonds. The molecule has 0 bridgehead atoms. The molecular weight excluding hydrogens is 566 g/mol. The zero-order chi connectivity index (χ0) is 31.8. The number of allylic oxidation sites excluding steroid dienone is 2. The highest BCUT2D eigenvalue weighted by Gasteiger charge is 2.70. The normalized spacial score (nSPS) is 29.0. The van der Waals surface area contributed by atoms with E-state index in [9.17, 15) is 19.5 Å². The number of aromatic hydroxyl groups is 1. The van der Waals surface area contributed by atoms with Gasteiger partial charge in [0.15, 0.2) is 0 Å². The molecule has 230 valence electrons. The Morgan fingerprint density at radius 3 is 2.18 bits per heavy atom. The molecule has 4 aliphatic rings. The van der Waals surface area contributed by atoms with Gasteiger partial charge in [-0.2, -0.15) is 5.01 Å². The number of nitrogens with zero attached hydrogens (tertiary/aromatic N) is 2. The Bertz CT molecular complexity index is 1760. The first kappa shape index (κ1) is 29.0. The molecule has 2 heterocycles. The van der Waals surface area contributed by atoms with Crippen LogP contribution in [0.4, 0.5) is 5.69 Å². The number of amides is 4. The van der Waals surface area contributed by atoms with E-state index in [0.717, 1.165) is 22.3 Å². The molecule has 45 heavy (non-hydrogen) atoms. The lowest BCUT2D eigenvalue weighted by molar-refractivity contribution is -0.141. The average Bonchev–Trinajstić information content (AvgIpc) is 3.41. The van der Waals surface area contributed by atoms with Gasteiger partial charge in [-0.05, 0) is 80.8 Å². The van der Waals surface area contributed by atoms with Gasteiger partial charge in [-0.1, -0.05) is 71.8 Å². The van der Waals surface area contributed by atoms with Crippen molar-refractivity contribution in [3.8, 4) is 5.75 Å². The SMILES string of the molecule is CCN1C(=O)C2CC=C3C(CC4C(=O)N(Nc5ccc(C)cc5)C(=O)C4(c4ccccc4)C3c3cc(C)c(O)c(C)c3)C2C1=O. The fraction of sp³-hybridized carbons (Fsp3) is 0.351. The highest BCUT2D eigenvalue weighted by Crippen LogP contribution is 2.64. The van der Waals surface area contributed by atoms with Gasteiger partial charge in [0, 0.05) is 12.5 Å². The van der Waals surface area contributed by atoms with Gasteiger partial charge >= 0.3 is 0 Å². The Labute approximate surface area is 262 Å². The Kier molecular flexibility index (Phi) is 6.73. The van der Waals surface area contributed by atoms with Crippen LogP contribution in [0, 0.1) is 44.4 Å². The summed E-state index contributed by atoms with van der Waals surface area (Å²) < 4.78 is 0. The van der Waals surface area contributed by atoms with Crippen molar-refractivity contribution in [3.05, 3.63) is 106 Å². The molecule has 2 saturated heterocycles. The summed E-state index contributed by atoms with van der Waals surface area (Å²) >= 11 is 0. The van der Waals surface area contributed by atoms with Gasteiger partial charge in [-0.25, -0.2) is 0 Å². The monoisotopic (exact) mass is 603 g/mol. The van der Waals surface area contributed by atoms with Crippen LogP contribution >= 0.6 is 0 Å². The Hall–Kier alpha value is -4.72. The van der Waals surface area contributed by atoms with E-state index in [-0.39, 0.29) is 35.8 Å². The Morgan fingerprint density at radius 1 is 0.867 bits per heavy atom. The topological polar surface area (TPSA) is 107 Å². The second-order valence-electron chi connectivity index (χ2n) is 13.0. The minimum atomic E-state index is -1.32. The number of carbonyl (C=O) groups excluding carboxylic acids is 4. The molecule has 8 heteroatoms. The Morgan fingerprint density at radius 2 is 1.53 bits per heavy atom. The predicted molar refractivity (Wildman–Crippen MR) is 169 cm³/mol. The van der Waals surface area contributed by atoms with Crippen LogP contribution in [-0.4, -0.2) is 45.2 Å². The number of imide groups is 2. The lowest BCUT2D eigenvalue weighted by atomic mass is 9.49. The van der Waals surface area contributed by atoms with E-state index in [0.29, 0.717) is 29.8 Å². The van der Waals surface area contributed by atoms with Crippen molar-refractivity contribution < 1.29 is 24.3 Å². The van der Waals surface area contributed by atoms with Crippen molar-refractivity contribution in [2.45, 2.75) is 51.9 Å². The summed E-state index contributed by atoms with van der Waals surface area (Å²) in [7, 11) is 0. The van der Waals surface area contributed by atoms with Gasteiger partial charge in [0.25, 0.3) is 11.8 Å². The number of aryl methyl sites for hydroxylation is 3. The van der Waals surface area contributed by atoms with Crippen molar-refractivity contribution in [2.75, 3.05) is 12.0 Å². The number of likely N-dealkylation sites (tertiary alicyclic amines) is 1. The van der Waals surface area contributed by atoms with E-state index >= 15 is 4.79 Å². The first-order valence-corrected chi connectivity index (χ1v) is 15.7. The molecule has 1 saturated carbocycles. The maximum Gasteiger partial charge on any atom is 0.260 e. The first-order chi connectivity index (χ1) is 21.6. The molecule has 3 aromatic carbocycles. The third-order valence-corrected chi connectivity index (χ3v) is 10.6. The van der Waals surface area contributed by atoms with Gasteiger partial charge in [0.1, 0.15) is 5.75 Å². The third-order valence-electron chi connectivity index (χ3n) is 10.6. The van der Waals surface area contributed by atoms with Crippen molar-refractivity contribution in [1.82, 2.24) is 9.91 Å². The number of hydrogen-bond acceptors (Lipinski definition) is 6. The number of hydrogen-bond donors (Lipinski definition) is 2. The van der Waals surface area contributed by atoms with Crippen LogP contribution in [0.3, 0.4) is 0 Å². The molecule has 0 aromatic heterocycles. The predicted octanol–water partition coefficient (Wildman–Crippen LogP) is 5.32. The standard InChI is InChI=1S/C37H37N3O5/c1-5-39-33(42)27-16-15-26-28(30(27)35(39)44)19-29-34(43)40(38-25-13-11-20(2)12-14-25)36(45)37(29,24-9-7-6-8-10-24)31(26)23-17-21(3)32(41)22(4)18-23/h6-15,17-18,27-31,38,41H,5,16,19H2,1-4H3. The van der Waals surface area contributed by atoms with E-state index in [4.69, 9.17) is 0 Å². The zero-order valence-electron chi connectivity index (χ0n) is 25.9. The molecule has 3 aromatic rings. The Balaban J connectivity index is 1.48. The van der Waals surface area contributed by atoms with Gasteiger partial charge in [-0.15, -0.1) is 0 Å².